The van der Waals surface area contributed by atoms with Crippen LogP contribution >= 0.6 is 23.2 Å². The fourth-order valence-electron chi connectivity index (χ4n) is 2.05. The maximum absolute atomic E-state index is 10.5. The second-order valence-electron chi connectivity index (χ2n) is 4.17. The molecule has 0 unspecified atom stereocenters. The largest absolute Gasteiger partial charge is 0.457 e. The molecule has 98 valence electrons. The number of ether oxygens (including phenoxy) is 2. The Balaban J connectivity index is 2.17. The van der Waals surface area contributed by atoms with E-state index in [0.717, 1.165) is 0 Å². The third-order valence-electron chi connectivity index (χ3n) is 2.96. The molecule has 1 N–H and O–H groups in total. The highest BCUT2D eigenvalue weighted by atomic mass is 35.5. The Morgan fingerprint density at radius 3 is 1.84 bits per heavy atom. The Kier molecular flexibility index (Phi) is 3.27. The standard InChI is InChI=1S/C14H10Cl2O3/c15-8-1-3-12-10(5-8)14(17)11-6-9(16)2-4-13(11)19-7-18-12/h1-6,14,17H,7H2. The van der Waals surface area contributed by atoms with Crippen LogP contribution in [0.2, 0.25) is 10.0 Å². The minimum atomic E-state index is -0.900. The molecule has 1 aliphatic heterocycles. The van der Waals surface area contributed by atoms with Crippen molar-refractivity contribution in [1.82, 2.24) is 0 Å². The van der Waals surface area contributed by atoms with Gasteiger partial charge in [-0.3, -0.25) is 0 Å². The quantitative estimate of drug-likeness (QED) is 0.803. The number of aliphatic hydroxyl groups excluding tert-OH is 1. The minimum absolute atomic E-state index is 0.0655. The zero-order valence-corrected chi connectivity index (χ0v) is 11.3. The molecule has 5 heteroatoms. The number of halogens is 2. The Bertz CT molecular complexity index is 575. The lowest BCUT2D eigenvalue weighted by molar-refractivity contribution is 0.101. The van der Waals surface area contributed by atoms with Crippen LogP contribution in [-0.2, 0) is 0 Å². The van der Waals surface area contributed by atoms with Gasteiger partial charge in [-0.25, -0.2) is 0 Å². The van der Waals surface area contributed by atoms with Crippen molar-refractivity contribution in [3.05, 3.63) is 57.6 Å². The summed E-state index contributed by atoms with van der Waals surface area (Å²) >= 11 is 11.9. The average Bonchev–Trinajstić information content (AvgIpc) is 2.39. The predicted octanol–water partition coefficient (Wildman–Crippen LogP) is 3.80. The summed E-state index contributed by atoms with van der Waals surface area (Å²) in [6.45, 7) is 0.0655. The topological polar surface area (TPSA) is 38.7 Å². The molecule has 0 fully saturated rings. The minimum Gasteiger partial charge on any atom is -0.457 e. The van der Waals surface area contributed by atoms with Crippen LogP contribution in [0, 0.1) is 0 Å². The van der Waals surface area contributed by atoms with Gasteiger partial charge >= 0.3 is 0 Å². The number of fused-ring (bicyclic) bond motifs is 2. The summed E-state index contributed by atoms with van der Waals surface area (Å²) in [7, 11) is 0. The maximum Gasteiger partial charge on any atom is 0.230 e. The first kappa shape index (κ1) is 12.6. The van der Waals surface area contributed by atoms with E-state index < -0.39 is 6.10 Å². The molecular weight excluding hydrogens is 287 g/mol. The van der Waals surface area contributed by atoms with Crippen LogP contribution in [0.4, 0.5) is 0 Å². The highest BCUT2D eigenvalue weighted by molar-refractivity contribution is 6.31. The van der Waals surface area contributed by atoms with E-state index in [1.165, 1.54) is 0 Å². The smallest absolute Gasteiger partial charge is 0.230 e. The van der Waals surface area contributed by atoms with E-state index in [4.69, 9.17) is 32.7 Å². The number of hydrogen-bond acceptors (Lipinski definition) is 3. The molecule has 3 rings (SSSR count). The normalized spacial score (nSPS) is 14.5. The molecule has 3 nitrogen and oxygen atoms in total. The number of hydrogen-bond donors (Lipinski definition) is 1. The molecule has 0 saturated carbocycles. The van der Waals surface area contributed by atoms with Gasteiger partial charge in [0.2, 0.25) is 6.79 Å². The highest BCUT2D eigenvalue weighted by Crippen LogP contribution is 2.38. The van der Waals surface area contributed by atoms with Gasteiger partial charge in [0.05, 0.1) is 0 Å². The Hall–Kier alpha value is -1.42. The fraction of sp³-hybridized carbons (Fsp3) is 0.143. The lowest BCUT2D eigenvalue weighted by Crippen LogP contribution is -2.14. The fourth-order valence-corrected chi connectivity index (χ4v) is 2.41. The van der Waals surface area contributed by atoms with Gasteiger partial charge in [0.15, 0.2) is 0 Å². The van der Waals surface area contributed by atoms with Crippen LogP contribution in [0.5, 0.6) is 11.5 Å². The second-order valence-corrected chi connectivity index (χ2v) is 5.05. The number of rotatable bonds is 0. The molecule has 0 amide bonds. The maximum atomic E-state index is 10.5. The van der Waals surface area contributed by atoms with Crippen molar-refractivity contribution >= 4 is 23.2 Å². The van der Waals surface area contributed by atoms with E-state index in [1.807, 2.05) is 0 Å². The summed E-state index contributed by atoms with van der Waals surface area (Å²) in [5.74, 6) is 1.09. The van der Waals surface area contributed by atoms with Crippen molar-refractivity contribution < 1.29 is 14.6 Å². The molecule has 1 heterocycles. The van der Waals surface area contributed by atoms with Crippen LogP contribution < -0.4 is 9.47 Å². The van der Waals surface area contributed by atoms with E-state index in [-0.39, 0.29) is 6.79 Å². The van der Waals surface area contributed by atoms with Gasteiger partial charge in [-0.1, -0.05) is 23.2 Å². The Morgan fingerprint density at radius 1 is 0.895 bits per heavy atom. The van der Waals surface area contributed by atoms with E-state index in [1.54, 1.807) is 36.4 Å². The zero-order valence-electron chi connectivity index (χ0n) is 9.77. The summed E-state index contributed by atoms with van der Waals surface area (Å²) in [5, 5.41) is 11.6. The van der Waals surface area contributed by atoms with Crippen molar-refractivity contribution in [2.45, 2.75) is 6.10 Å². The molecule has 0 spiro atoms. The van der Waals surface area contributed by atoms with Gasteiger partial charge < -0.3 is 14.6 Å². The third kappa shape index (κ3) is 2.37. The SMILES string of the molecule is OC1c2cc(Cl)ccc2OCOc2ccc(Cl)cc21. The van der Waals surface area contributed by atoms with Crippen molar-refractivity contribution in [3.8, 4) is 11.5 Å². The lowest BCUT2D eigenvalue weighted by Gasteiger charge is -2.23. The molecule has 2 aromatic rings. The first-order valence-electron chi connectivity index (χ1n) is 5.68. The van der Waals surface area contributed by atoms with Gasteiger partial charge in [0.25, 0.3) is 0 Å². The molecule has 0 radical (unpaired) electrons. The van der Waals surface area contributed by atoms with E-state index in [0.29, 0.717) is 32.7 Å². The van der Waals surface area contributed by atoms with Crippen LogP contribution in [-0.4, -0.2) is 11.9 Å². The van der Waals surface area contributed by atoms with Crippen molar-refractivity contribution in [2.75, 3.05) is 6.79 Å². The molecule has 2 aromatic carbocycles. The summed E-state index contributed by atoms with van der Waals surface area (Å²) in [6.07, 6.45) is -0.900. The van der Waals surface area contributed by atoms with Crippen molar-refractivity contribution in [1.29, 1.82) is 0 Å². The summed E-state index contributed by atoms with van der Waals surface area (Å²) in [5.41, 5.74) is 1.19. The number of benzene rings is 2. The van der Waals surface area contributed by atoms with E-state index >= 15 is 0 Å². The first-order valence-corrected chi connectivity index (χ1v) is 6.43. The first-order chi connectivity index (χ1) is 9.15. The molecule has 0 saturated heterocycles. The molecular formula is C14H10Cl2O3. The van der Waals surface area contributed by atoms with Gasteiger partial charge in [0, 0.05) is 21.2 Å². The van der Waals surface area contributed by atoms with E-state index in [2.05, 4.69) is 0 Å². The molecule has 0 aliphatic carbocycles. The monoisotopic (exact) mass is 296 g/mol. The lowest BCUT2D eigenvalue weighted by atomic mass is 9.99. The van der Waals surface area contributed by atoms with Gasteiger partial charge in [-0.05, 0) is 36.4 Å². The summed E-state index contributed by atoms with van der Waals surface area (Å²) in [6, 6.07) is 10.2. The van der Waals surface area contributed by atoms with Gasteiger partial charge in [-0.2, -0.15) is 0 Å². The average molecular weight is 297 g/mol. The summed E-state index contributed by atoms with van der Waals surface area (Å²) < 4.78 is 10.9. The molecule has 0 aromatic heterocycles. The zero-order chi connectivity index (χ0) is 13.4. The van der Waals surface area contributed by atoms with Crippen LogP contribution in [0.1, 0.15) is 17.2 Å². The Morgan fingerprint density at radius 2 is 1.37 bits per heavy atom. The highest BCUT2D eigenvalue weighted by Gasteiger charge is 2.22. The molecule has 0 bridgehead atoms. The van der Waals surface area contributed by atoms with Crippen LogP contribution in [0.3, 0.4) is 0 Å². The van der Waals surface area contributed by atoms with Gasteiger partial charge in [0.1, 0.15) is 17.6 Å². The van der Waals surface area contributed by atoms with Crippen molar-refractivity contribution in [2.24, 2.45) is 0 Å². The molecule has 0 atom stereocenters. The van der Waals surface area contributed by atoms with Crippen LogP contribution in [0.15, 0.2) is 36.4 Å². The molecule has 1 aliphatic rings. The van der Waals surface area contributed by atoms with Crippen LogP contribution in [0.25, 0.3) is 0 Å². The molecule has 19 heavy (non-hydrogen) atoms. The Labute approximate surface area is 120 Å². The van der Waals surface area contributed by atoms with E-state index in [9.17, 15) is 5.11 Å². The van der Waals surface area contributed by atoms with Crippen molar-refractivity contribution in [3.63, 3.8) is 0 Å². The third-order valence-corrected chi connectivity index (χ3v) is 3.43. The summed E-state index contributed by atoms with van der Waals surface area (Å²) in [4.78, 5) is 0. The number of aliphatic hydroxyl groups is 1. The van der Waals surface area contributed by atoms with Gasteiger partial charge in [-0.15, -0.1) is 0 Å². The second kappa shape index (κ2) is 4.93. The predicted molar refractivity (Wildman–Crippen MR) is 73.1 cm³/mol.